The Kier molecular flexibility index (Phi) is 6.50. The number of rotatable bonds is 7. The molecule has 0 saturated heterocycles. The van der Waals surface area contributed by atoms with Crippen molar-refractivity contribution in [2.75, 3.05) is 23.8 Å². The number of hydrogen-bond acceptors (Lipinski definition) is 5. The van der Waals surface area contributed by atoms with Crippen LogP contribution in [0, 0.1) is 0 Å². The van der Waals surface area contributed by atoms with Gasteiger partial charge in [0.15, 0.2) is 0 Å². The lowest BCUT2D eigenvalue weighted by molar-refractivity contribution is -0.114. The van der Waals surface area contributed by atoms with Crippen molar-refractivity contribution in [1.29, 1.82) is 0 Å². The van der Waals surface area contributed by atoms with Gasteiger partial charge in [-0.1, -0.05) is 25.1 Å². The largest absolute Gasteiger partial charge is 0.462 e. The number of anilines is 2. The highest BCUT2D eigenvalue weighted by Gasteiger charge is 2.27. The Morgan fingerprint density at radius 2 is 1.93 bits per heavy atom. The van der Waals surface area contributed by atoms with E-state index in [9.17, 15) is 9.59 Å². The SMILES string of the molecule is CCOC(=O)c1c(NC(=O)CNc2ccccc2CC)sc2c1CCCC2. The first-order valence-corrected chi connectivity index (χ1v) is 10.4. The maximum absolute atomic E-state index is 12.5. The predicted octanol–water partition coefficient (Wildman–Crippen LogP) is 4.42. The molecule has 5 nitrogen and oxygen atoms in total. The number of carbonyl (C=O) groups is 2. The van der Waals surface area contributed by atoms with Crippen LogP contribution < -0.4 is 10.6 Å². The third kappa shape index (κ3) is 4.50. The number of hydrogen-bond donors (Lipinski definition) is 2. The number of nitrogens with one attached hydrogen (secondary N) is 2. The summed E-state index contributed by atoms with van der Waals surface area (Å²) in [6.07, 6.45) is 4.93. The molecule has 144 valence electrons. The molecule has 0 fully saturated rings. The summed E-state index contributed by atoms with van der Waals surface area (Å²) in [4.78, 5) is 26.2. The van der Waals surface area contributed by atoms with Gasteiger partial charge >= 0.3 is 5.97 Å². The molecule has 1 heterocycles. The third-order valence-electron chi connectivity index (χ3n) is 4.74. The van der Waals surface area contributed by atoms with E-state index >= 15 is 0 Å². The van der Waals surface area contributed by atoms with E-state index in [1.807, 2.05) is 24.3 Å². The summed E-state index contributed by atoms with van der Waals surface area (Å²) >= 11 is 1.51. The normalized spacial score (nSPS) is 13.0. The molecule has 0 bridgehead atoms. The van der Waals surface area contributed by atoms with Gasteiger partial charge < -0.3 is 15.4 Å². The van der Waals surface area contributed by atoms with Crippen LogP contribution >= 0.6 is 11.3 Å². The molecular weight excluding hydrogens is 360 g/mol. The summed E-state index contributed by atoms with van der Waals surface area (Å²) in [5, 5.41) is 6.75. The van der Waals surface area contributed by atoms with Crippen molar-refractivity contribution < 1.29 is 14.3 Å². The van der Waals surface area contributed by atoms with E-state index in [1.165, 1.54) is 21.8 Å². The van der Waals surface area contributed by atoms with Gasteiger partial charge in [0.1, 0.15) is 5.00 Å². The first-order valence-electron chi connectivity index (χ1n) is 9.57. The molecule has 1 aliphatic rings. The van der Waals surface area contributed by atoms with E-state index in [-0.39, 0.29) is 18.4 Å². The Bertz CT molecular complexity index is 829. The van der Waals surface area contributed by atoms with Gasteiger partial charge in [0.25, 0.3) is 0 Å². The monoisotopic (exact) mass is 386 g/mol. The van der Waals surface area contributed by atoms with E-state index in [2.05, 4.69) is 17.6 Å². The maximum atomic E-state index is 12.5. The second kappa shape index (κ2) is 9.04. The second-order valence-electron chi connectivity index (χ2n) is 6.55. The Balaban J connectivity index is 1.73. The number of aryl methyl sites for hydroxylation is 2. The summed E-state index contributed by atoms with van der Waals surface area (Å²) < 4.78 is 5.23. The smallest absolute Gasteiger partial charge is 0.341 e. The first kappa shape index (κ1) is 19.4. The minimum atomic E-state index is -0.337. The molecule has 27 heavy (non-hydrogen) atoms. The highest BCUT2D eigenvalue weighted by atomic mass is 32.1. The van der Waals surface area contributed by atoms with E-state index < -0.39 is 0 Å². The van der Waals surface area contributed by atoms with Gasteiger partial charge in [0, 0.05) is 10.6 Å². The maximum Gasteiger partial charge on any atom is 0.341 e. The number of thiophene rings is 1. The third-order valence-corrected chi connectivity index (χ3v) is 5.95. The van der Waals surface area contributed by atoms with Gasteiger partial charge in [-0.05, 0) is 56.2 Å². The molecule has 1 amide bonds. The van der Waals surface area contributed by atoms with Gasteiger partial charge in [-0.3, -0.25) is 4.79 Å². The number of carbonyl (C=O) groups excluding carboxylic acids is 2. The van der Waals surface area contributed by atoms with Crippen molar-refractivity contribution in [3.63, 3.8) is 0 Å². The van der Waals surface area contributed by atoms with Crippen molar-refractivity contribution in [3.8, 4) is 0 Å². The fourth-order valence-corrected chi connectivity index (χ4v) is 4.71. The van der Waals surface area contributed by atoms with Crippen LogP contribution in [0.3, 0.4) is 0 Å². The minimum Gasteiger partial charge on any atom is -0.462 e. The van der Waals surface area contributed by atoms with Crippen LogP contribution in [0.2, 0.25) is 0 Å². The number of fused-ring (bicyclic) bond motifs is 1. The van der Waals surface area contributed by atoms with Crippen molar-refractivity contribution in [2.45, 2.75) is 46.0 Å². The summed E-state index contributed by atoms with van der Waals surface area (Å²) in [5.74, 6) is -0.499. The molecule has 1 aromatic heterocycles. The van der Waals surface area contributed by atoms with Crippen LogP contribution in [0.5, 0.6) is 0 Å². The molecule has 1 aliphatic carbocycles. The molecule has 0 saturated carbocycles. The van der Waals surface area contributed by atoms with Crippen molar-refractivity contribution in [1.82, 2.24) is 0 Å². The van der Waals surface area contributed by atoms with Crippen LogP contribution in [-0.4, -0.2) is 25.0 Å². The van der Waals surface area contributed by atoms with Gasteiger partial charge in [-0.2, -0.15) is 0 Å². The number of para-hydroxylation sites is 1. The molecular formula is C21H26N2O3S. The molecule has 6 heteroatoms. The number of amides is 1. The van der Waals surface area contributed by atoms with Crippen LogP contribution in [0.15, 0.2) is 24.3 Å². The van der Waals surface area contributed by atoms with Crippen LogP contribution in [0.4, 0.5) is 10.7 Å². The lowest BCUT2D eigenvalue weighted by Gasteiger charge is -2.13. The average Bonchev–Trinajstić information content (AvgIpc) is 3.04. The Hall–Kier alpha value is -2.34. The first-order chi connectivity index (χ1) is 13.1. The van der Waals surface area contributed by atoms with Crippen LogP contribution in [0.25, 0.3) is 0 Å². The van der Waals surface area contributed by atoms with Crippen molar-refractivity contribution in [2.24, 2.45) is 0 Å². The lowest BCUT2D eigenvalue weighted by atomic mass is 9.95. The zero-order valence-corrected chi connectivity index (χ0v) is 16.7. The zero-order valence-electron chi connectivity index (χ0n) is 15.9. The van der Waals surface area contributed by atoms with Crippen molar-refractivity contribution in [3.05, 3.63) is 45.8 Å². The predicted molar refractivity (Wildman–Crippen MR) is 110 cm³/mol. The standard InChI is InChI=1S/C21H26N2O3S/c1-3-14-9-5-7-11-16(14)22-13-18(24)23-20-19(21(25)26-4-2)15-10-6-8-12-17(15)27-20/h5,7,9,11,22H,3-4,6,8,10,12-13H2,1-2H3,(H,23,24). The summed E-state index contributed by atoms with van der Waals surface area (Å²) in [6, 6.07) is 7.96. The molecule has 1 aromatic carbocycles. The van der Waals surface area contributed by atoms with Crippen LogP contribution in [0.1, 0.15) is 53.1 Å². The van der Waals surface area contributed by atoms with Gasteiger partial charge in [-0.25, -0.2) is 4.79 Å². The van der Waals surface area contributed by atoms with Crippen molar-refractivity contribution >= 4 is 33.9 Å². The van der Waals surface area contributed by atoms with Crippen LogP contribution in [-0.2, 0) is 28.8 Å². The Morgan fingerprint density at radius 3 is 2.70 bits per heavy atom. The number of benzene rings is 1. The van der Waals surface area contributed by atoms with E-state index in [4.69, 9.17) is 4.74 Å². The van der Waals surface area contributed by atoms with Gasteiger partial charge in [0.2, 0.25) is 5.91 Å². The lowest BCUT2D eigenvalue weighted by Crippen LogP contribution is -2.23. The fourth-order valence-electron chi connectivity index (χ4n) is 3.42. The quantitative estimate of drug-likeness (QED) is 0.692. The Labute approximate surface area is 164 Å². The summed E-state index contributed by atoms with van der Waals surface area (Å²) in [5.41, 5.74) is 3.75. The number of ether oxygens (including phenoxy) is 1. The fraction of sp³-hybridized carbons (Fsp3) is 0.429. The van der Waals surface area contributed by atoms with E-state index in [1.54, 1.807) is 6.92 Å². The summed E-state index contributed by atoms with van der Waals surface area (Å²) in [6.45, 7) is 4.36. The highest BCUT2D eigenvalue weighted by molar-refractivity contribution is 7.17. The minimum absolute atomic E-state index is 0.155. The molecule has 0 radical (unpaired) electrons. The van der Waals surface area contributed by atoms with Gasteiger partial charge in [-0.15, -0.1) is 11.3 Å². The Morgan fingerprint density at radius 1 is 1.15 bits per heavy atom. The molecule has 0 atom stereocenters. The average molecular weight is 387 g/mol. The molecule has 3 rings (SSSR count). The van der Waals surface area contributed by atoms with E-state index in [0.717, 1.165) is 43.4 Å². The zero-order chi connectivity index (χ0) is 19.2. The molecule has 0 unspecified atom stereocenters. The molecule has 0 spiro atoms. The molecule has 2 aromatic rings. The van der Waals surface area contributed by atoms with Gasteiger partial charge in [0.05, 0.1) is 18.7 Å². The number of esters is 1. The topological polar surface area (TPSA) is 67.4 Å². The highest BCUT2D eigenvalue weighted by Crippen LogP contribution is 2.38. The molecule has 2 N–H and O–H groups in total. The second-order valence-corrected chi connectivity index (χ2v) is 7.65. The molecule has 0 aliphatic heterocycles. The van der Waals surface area contributed by atoms with E-state index in [0.29, 0.717) is 17.2 Å². The summed E-state index contributed by atoms with van der Waals surface area (Å²) in [7, 11) is 0.